The predicted octanol–water partition coefficient (Wildman–Crippen LogP) is 3.44. The first-order valence-corrected chi connectivity index (χ1v) is 11.9. The van der Waals surface area contributed by atoms with E-state index in [2.05, 4.69) is 4.98 Å². The summed E-state index contributed by atoms with van der Waals surface area (Å²) in [6.45, 7) is 0.707. The summed E-state index contributed by atoms with van der Waals surface area (Å²) in [7, 11) is 0. The number of aliphatic hydroxyl groups is 1. The molecule has 0 spiro atoms. The number of pyridine rings is 2. The SMILES string of the molecule is O=C(N[C@H](C1CC1)C(F)(F)F)c1cn(-c2c(F)cc(F)cc2F)c2nc(N3CC4C[C@@]4(O)C3)ccc2c1=O. The van der Waals surface area contributed by atoms with Gasteiger partial charge in [0.25, 0.3) is 5.91 Å². The molecule has 1 amide bonds. The lowest BCUT2D eigenvalue weighted by atomic mass is 10.1. The number of carbonyl (C=O) groups excluding carboxylic acids is 1. The molecule has 3 aromatic rings. The first kappa shape index (κ1) is 24.7. The molecule has 2 saturated carbocycles. The lowest BCUT2D eigenvalue weighted by molar-refractivity contribution is -0.158. The number of nitrogens with one attached hydrogen (secondary N) is 1. The molecule has 3 heterocycles. The molecule has 2 N–H and O–H groups in total. The number of carbonyl (C=O) groups is 1. The molecule has 1 aliphatic heterocycles. The van der Waals surface area contributed by atoms with Crippen LogP contribution in [0.3, 0.4) is 0 Å². The second-order valence-corrected chi connectivity index (χ2v) is 10.2. The zero-order valence-corrected chi connectivity index (χ0v) is 19.5. The van der Waals surface area contributed by atoms with Crippen molar-refractivity contribution < 1.29 is 36.2 Å². The number of piperidine rings is 1. The minimum atomic E-state index is -4.77. The molecule has 2 aliphatic carbocycles. The number of amides is 1. The lowest BCUT2D eigenvalue weighted by Gasteiger charge is -2.23. The zero-order valence-electron chi connectivity index (χ0n) is 19.5. The van der Waals surface area contributed by atoms with E-state index in [9.17, 15) is 41.0 Å². The van der Waals surface area contributed by atoms with E-state index in [-0.39, 0.29) is 42.2 Å². The number of hydrogen-bond donors (Lipinski definition) is 2. The monoisotopic (exact) mass is 538 g/mol. The molecule has 3 aliphatic rings. The van der Waals surface area contributed by atoms with Crippen LogP contribution in [-0.2, 0) is 0 Å². The number of fused-ring (bicyclic) bond motifs is 2. The standard InChI is InChI=1S/C25H20F6N4O3/c26-13-5-16(27)19(17(28)6-13)35-9-15(23(37)33-21(11-1-2-11)25(29,30)31)20(36)14-3-4-18(32-22(14)35)34-8-12-7-24(12,38)10-34/h3-6,9,11-12,21,38H,1-2,7-8,10H2,(H,33,37)/t12?,21-,24-/m1/s1. The molecule has 3 fully saturated rings. The summed E-state index contributed by atoms with van der Waals surface area (Å²) < 4.78 is 84.6. The third kappa shape index (κ3) is 4.08. The first-order chi connectivity index (χ1) is 17.9. The molecule has 13 heteroatoms. The van der Waals surface area contributed by atoms with Gasteiger partial charge in [-0.25, -0.2) is 18.2 Å². The third-order valence-corrected chi connectivity index (χ3v) is 7.47. The van der Waals surface area contributed by atoms with Gasteiger partial charge in [0.1, 0.15) is 28.9 Å². The minimum absolute atomic E-state index is 0.0355. The van der Waals surface area contributed by atoms with Crippen LogP contribution in [-0.4, -0.2) is 51.5 Å². The largest absolute Gasteiger partial charge is 0.408 e. The van der Waals surface area contributed by atoms with Gasteiger partial charge < -0.3 is 15.3 Å². The number of rotatable bonds is 5. The number of benzene rings is 1. The van der Waals surface area contributed by atoms with Crippen molar-refractivity contribution in [3.63, 3.8) is 0 Å². The van der Waals surface area contributed by atoms with Gasteiger partial charge in [0.2, 0.25) is 5.43 Å². The molecule has 0 radical (unpaired) electrons. The maximum Gasteiger partial charge on any atom is 0.408 e. The van der Waals surface area contributed by atoms with Gasteiger partial charge >= 0.3 is 6.18 Å². The van der Waals surface area contributed by atoms with Gasteiger partial charge in [-0.3, -0.25) is 14.2 Å². The Labute approximate surface area is 210 Å². The maximum atomic E-state index is 14.8. The van der Waals surface area contributed by atoms with Crippen molar-refractivity contribution in [2.75, 3.05) is 18.0 Å². The summed E-state index contributed by atoms with van der Waals surface area (Å²) in [6, 6.07) is 1.27. The van der Waals surface area contributed by atoms with Crippen molar-refractivity contribution in [2.45, 2.75) is 37.1 Å². The highest BCUT2D eigenvalue weighted by atomic mass is 19.4. The summed E-state index contributed by atoms with van der Waals surface area (Å²) in [4.78, 5) is 32.3. The molecule has 200 valence electrons. The van der Waals surface area contributed by atoms with E-state index in [0.717, 1.165) is 4.57 Å². The van der Waals surface area contributed by atoms with Crippen molar-refractivity contribution in [1.82, 2.24) is 14.9 Å². The second kappa shape index (κ2) is 8.19. The van der Waals surface area contributed by atoms with Crippen LogP contribution >= 0.6 is 0 Å². The summed E-state index contributed by atoms with van der Waals surface area (Å²) in [6.07, 6.45) is -2.93. The van der Waals surface area contributed by atoms with E-state index in [1.165, 1.54) is 12.1 Å². The Balaban J connectivity index is 1.50. The van der Waals surface area contributed by atoms with E-state index in [1.54, 1.807) is 4.90 Å². The van der Waals surface area contributed by atoms with Crippen LogP contribution in [0.25, 0.3) is 16.7 Å². The van der Waals surface area contributed by atoms with Crippen LogP contribution in [0.15, 0.2) is 35.3 Å². The van der Waals surface area contributed by atoms with E-state index >= 15 is 0 Å². The van der Waals surface area contributed by atoms with Gasteiger partial charge in [-0.2, -0.15) is 13.2 Å². The van der Waals surface area contributed by atoms with Gasteiger partial charge in [0.15, 0.2) is 17.3 Å². The molecular formula is C25H20F6N4O3. The molecule has 1 saturated heterocycles. The van der Waals surface area contributed by atoms with Crippen molar-refractivity contribution in [3.05, 3.63) is 63.7 Å². The van der Waals surface area contributed by atoms with Gasteiger partial charge in [0, 0.05) is 37.3 Å². The predicted molar refractivity (Wildman–Crippen MR) is 123 cm³/mol. The van der Waals surface area contributed by atoms with E-state index in [1.807, 2.05) is 5.32 Å². The van der Waals surface area contributed by atoms with Gasteiger partial charge in [-0.15, -0.1) is 0 Å². The summed E-state index contributed by atoms with van der Waals surface area (Å²) in [5.74, 6) is -5.87. The van der Waals surface area contributed by atoms with Crippen LogP contribution in [0.4, 0.5) is 32.2 Å². The van der Waals surface area contributed by atoms with Gasteiger partial charge in [-0.05, 0) is 37.3 Å². The van der Waals surface area contributed by atoms with Crippen molar-refractivity contribution >= 4 is 22.8 Å². The lowest BCUT2D eigenvalue weighted by Crippen LogP contribution is -2.48. The van der Waals surface area contributed by atoms with Crippen molar-refractivity contribution in [2.24, 2.45) is 11.8 Å². The van der Waals surface area contributed by atoms with Crippen LogP contribution in [0.1, 0.15) is 29.6 Å². The molecule has 2 aromatic heterocycles. The average Bonchev–Trinajstić information content (AvgIpc) is 3.74. The fraction of sp³-hybridized carbons (Fsp3) is 0.400. The molecule has 6 rings (SSSR count). The number of nitrogens with zero attached hydrogens (tertiary/aromatic N) is 3. The Bertz CT molecular complexity index is 1530. The van der Waals surface area contributed by atoms with Gasteiger partial charge in [-0.1, -0.05) is 0 Å². The summed E-state index contributed by atoms with van der Waals surface area (Å²) in [5, 5.41) is 11.9. The molecule has 38 heavy (non-hydrogen) atoms. The maximum absolute atomic E-state index is 14.8. The molecule has 1 unspecified atom stereocenters. The minimum Gasteiger partial charge on any atom is -0.388 e. The highest BCUT2D eigenvalue weighted by Crippen LogP contribution is 2.50. The Morgan fingerprint density at radius 3 is 2.42 bits per heavy atom. The summed E-state index contributed by atoms with van der Waals surface area (Å²) in [5.41, 5.74) is -3.80. The fourth-order valence-electron chi connectivity index (χ4n) is 5.21. The molecule has 3 atom stereocenters. The number of β-amino-alcohol motifs (C(OH)–C–C–N with tert-alkyl or cyclic N) is 1. The molecule has 0 bridgehead atoms. The van der Waals surface area contributed by atoms with Crippen LogP contribution in [0.2, 0.25) is 0 Å². The Hall–Kier alpha value is -3.61. The summed E-state index contributed by atoms with van der Waals surface area (Å²) >= 11 is 0. The Morgan fingerprint density at radius 2 is 1.84 bits per heavy atom. The van der Waals surface area contributed by atoms with Crippen molar-refractivity contribution in [3.8, 4) is 5.69 Å². The zero-order chi connectivity index (χ0) is 27.1. The fourth-order valence-corrected chi connectivity index (χ4v) is 5.21. The number of anilines is 1. The van der Waals surface area contributed by atoms with Crippen LogP contribution in [0, 0.1) is 29.3 Å². The van der Waals surface area contributed by atoms with E-state index in [0.29, 0.717) is 31.3 Å². The molecule has 1 aromatic carbocycles. The highest BCUT2D eigenvalue weighted by molar-refractivity contribution is 5.97. The number of aromatic nitrogens is 2. The van der Waals surface area contributed by atoms with Crippen molar-refractivity contribution in [1.29, 1.82) is 0 Å². The van der Waals surface area contributed by atoms with Crippen LogP contribution in [0.5, 0.6) is 0 Å². The highest BCUT2D eigenvalue weighted by Gasteiger charge is 2.59. The first-order valence-electron chi connectivity index (χ1n) is 11.9. The number of hydrogen-bond acceptors (Lipinski definition) is 5. The topological polar surface area (TPSA) is 87.5 Å². The second-order valence-electron chi connectivity index (χ2n) is 10.2. The van der Waals surface area contributed by atoms with Crippen LogP contribution < -0.4 is 15.6 Å². The van der Waals surface area contributed by atoms with E-state index < -0.39 is 63.8 Å². The smallest absolute Gasteiger partial charge is 0.388 e. The van der Waals surface area contributed by atoms with E-state index in [4.69, 9.17) is 0 Å². The van der Waals surface area contributed by atoms with Gasteiger partial charge in [0.05, 0.1) is 11.0 Å². The molecule has 7 nitrogen and oxygen atoms in total. The Morgan fingerprint density at radius 1 is 1.16 bits per heavy atom. The Kier molecular flexibility index (Phi) is 5.33. The molecular weight excluding hydrogens is 518 g/mol. The normalized spacial score (nSPS) is 23.4. The quantitative estimate of drug-likeness (QED) is 0.487. The average molecular weight is 538 g/mol. The third-order valence-electron chi connectivity index (χ3n) is 7.47. The number of alkyl halides is 3. The number of halogens is 6.